The zero-order valence-electron chi connectivity index (χ0n) is 7.73. The second-order valence-corrected chi connectivity index (χ2v) is 4.29. The zero-order valence-corrected chi connectivity index (χ0v) is 11.3. The molecule has 72 valence electrons. The molecule has 0 saturated carbocycles. The zero-order chi connectivity index (χ0) is 9.90. The van der Waals surface area contributed by atoms with Gasteiger partial charge in [0.05, 0.1) is 4.90 Å². The Labute approximate surface area is 111 Å². The Bertz CT molecular complexity index is 374. The summed E-state index contributed by atoms with van der Waals surface area (Å²) in [4.78, 5) is -0.203. The van der Waals surface area contributed by atoms with Crippen LogP contribution >= 0.6 is 11.6 Å². The molecule has 0 aliphatic rings. The van der Waals surface area contributed by atoms with Gasteiger partial charge in [-0.2, -0.15) is 0 Å². The van der Waals surface area contributed by atoms with Crippen molar-refractivity contribution in [3.63, 3.8) is 0 Å². The van der Waals surface area contributed by atoms with Crippen LogP contribution in [0.25, 0.3) is 0 Å². The van der Waals surface area contributed by atoms with Crippen LogP contribution in [0.4, 0.5) is 0 Å². The fourth-order valence-corrected chi connectivity index (χ4v) is 1.62. The van der Waals surface area contributed by atoms with Crippen LogP contribution in [0.3, 0.4) is 0 Å². The molecular weight excluding hydrogens is 235 g/mol. The van der Waals surface area contributed by atoms with Gasteiger partial charge in [0.25, 0.3) is 0 Å². The summed E-state index contributed by atoms with van der Waals surface area (Å²) < 4.78 is 31.6. The molecule has 1 aromatic carbocycles. The summed E-state index contributed by atoms with van der Waals surface area (Å²) in [6, 6.07) is 5.77. The smallest absolute Gasteiger partial charge is 0.744 e. The molecule has 6 heteroatoms. The minimum absolute atomic E-state index is 0. The van der Waals surface area contributed by atoms with Crippen LogP contribution in [0.15, 0.2) is 29.2 Å². The standard InChI is InChI=1S/C8H9ClO3S.Na/c9-6-5-7-1-3-8(4-2-7)13(10,11)12;/h1-4H,5-6H2,(H,10,11,12);/q;+1/p-1. The van der Waals surface area contributed by atoms with Crippen LogP contribution in [0, 0.1) is 0 Å². The van der Waals surface area contributed by atoms with Crippen molar-refractivity contribution in [3.8, 4) is 0 Å². The molecular formula is C8H8ClNaO3S. The predicted octanol–water partition coefficient (Wildman–Crippen LogP) is -1.62. The Morgan fingerprint density at radius 2 is 1.71 bits per heavy atom. The van der Waals surface area contributed by atoms with Gasteiger partial charge < -0.3 is 4.55 Å². The summed E-state index contributed by atoms with van der Waals surface area (Å²) in [6.07, 6.45) is 0.667. The molecule has 0 fully saturated rings. The van der Waals surface area contributed by atoms with Crippen LogP contribution in [-0.2, 0) is 16.5 Å². The molecule has 0 atom stereocenters. The number of hydrogen-bond donors (Lipinski definition) is 0. The molecule has 0 unspecified atom stereocenters. The van der Waals surface area contributed by atoms with E-state index in [4.69, 9.17) is 11.6 Å². The van der Waals surface area contributed by atoms with Crippen molar-refractivity contribution >= 4 is 21.7 Å². The van der Waals surface area contributed by atoms with Crippen molar-refractivity contribution in [2.75, 3.05) is 5.88 Å². The van der Waals surface area contributed by atoms with Crippen molar-refractivity contribution in [1.82, 2.24) is 0 Å². The van der Waals surface area contributed by atoms with E-state index >= 15 is 0 Å². The molecule has 14 heavy (non-hydrogen) atoms. The summed E-state index contributed by atoms with van der Waals surface area (Å²) in [7, 11) is -4.32. The molecule has 1 aromatic rings. The van der Waals surface area contributed by atoms with E-state index < -0.39 is 10.1 Å². The van der Waals surface area contributed by atoms with Crippen molar-refractivity contribution in [2.45, 2.75) is 11.3 Å². The number of halogens is 1. The molecule has 0 radical (unpaired) electrons. The first-order valence-electron chi connectivity index (χ1n) is 3.65. The number of hydrogen-bond acceptors (Lipinski definition) is 3. The predicted molar refractivity (Wildman–Crippen MR) is 48.8 cm³/mol. The number of rotatable bonds is 3. The van der Waals surface area contributed by atoms with Crippen LogP contribution in [0.1, 0.15) is 5.56 Å². The number of alkyl halides is 1. The molecule has 1 rings (SSSR count). The summed E-state index contributed by atoms with van der Waals surface area (Å²) in [5, 5.41) is 0. The Balaban J connectivity index is 0.00000169. The molecule has 0 heterocycles. The Kier molecular flexibility index (Phi) is 6.28. The van der Waals surface area contributed by atoms with E-state index in [9.17, 15) is 13.0 Å². The van der Waals surface area contributed by atoms with Crippen LogP contribution in [0.5, 0.6) is 0 Å². The first-order valence-corrected chi connectivity index (χ1v) is 5.59. The molecule has 0 aromatic heterocycles. The van der Waals surface area contributed by atoms with E-state index in [2.05, 4.69) is 0 Å². The van der Waals surface area contributed by atoms with E-state index in [-0.39, 0.29) is 34.5 Å². The van der Waals surface area contributed by atoms with Gasteiger partial charge in [0.15, 0.2) is 0 Å². The average molecular weight is 243 g/mol. The van der Waals surface area contributed by atoms with E-state index in [1.54, 1.807) is 12.1 Å². The summed E-state index contributed by atoms with van der Waals surface area (Å²) in [6.45, 7) is 0. The van der Waals surface area contributed by atoms with E-state index in [1.165, 1.54) is 12.1 Å². The molecule has 0 aliphatic heterocycles. The molecule has 0 saturated heterocycles. The third-order valence-corrected chi connectivity index (χ3v) is 2.63. The SMILES string of the molecule is O=S(=O)([O-])c1ccc(CCCl)cc1.[Na+]. The normalized spacial score (nSPS) is 10.7. The second kappa shape index (κ2) is 6.10. The first-order chi connectivity index (χ1) is 6.04. The topological polar surface area (TPSA) is 57.2 Å². The van der Waals surface area contributed by atoms with Gasteiger partial charge in [0.1, 0.15) is 10.1 Å². The fraction of sp³-hybridized carbons (Fsp3) is 0.250. The van der Waals surface area contributed by atoms with Gasteiger partial charge in [-0.05, 0) is 24.1 Å². The van der Waals surface area contributed by atoms with Gasteiger partial charge in [-0.1, -0.05) is 12.1 Å². The first kappa shape index (κ1) is 14.4. The quantitative estimate of drug-likeness (QED) is 0.364. The summed E-state index contributed by atoms with van der Waals surface area (Å²) in [5.41, 5.74) is 0.919. The third-order valence-electron chi connectivity index (χ3n) is 1.60. The Morgan fingerprint density at radius 1 is 1.21 bits per heavy atom. The maximum Gasteiger partial charge on any atom is 1.00 e. The summed E-state index contributed by atoms with van der Waals surface area (Å²) >= 11 is 5.49. The minimum atomic E-state index is -4.32. The molecule has 3 nitrogen and oxygen atoms in total. The van der Waals surface area contributed by atoms with Gasteiger partial charge in [0.2, 0.25) is 0 Å². The number of benzene rings is 1. The summed E-state index contributed by atoms with van der Waals surface area (Å²) in [5.74, 6) is 0.476. The van der Waals surface area contributed by atoms with Crippen LogP contribution in [0.2, 0.25) is 0 Å². The molecule has 0 amide bonds. The molecule has 0 aliphatic carbocycles. The Hall–Kier alpha value is 0.420. The van der Waals surface area contributed by atoms with Crippen molar-refractivity contribution in [3.05, 3.63) is 29.8 Å². The monoisotopic (exact) mass is 242 g/mol. The van der Waals surface area contributed by atoms with Gasteiger partial charge in [0, 0.05) is 5.88 Å². The van der Waals surface area contributed by atoms with Crippen LogP contribution in [-0.4, -0.2) is 18.9 Å². The minimum Gasteiger partial charge on any atom is -0.744 e. The maximum absolute atomic E-state index is 10.5. The van der Waals surface area contributed by atoms with Crippen LogP contribution < -0.4 is 29.6 Å². The van der Waals surface area contributed by atoms with Crippen molar-refractivity contribution in [2.24, 2.45) is 0 Å². The molecule has 0 N–H and O–H groups in total. The van der Waals surface area contributed by atoms with E-state index in [0.29, 0.717) is 12.3 Å². The maximum atomic E-state index is 10.5. The van der Waals surface area contributed by atoms with E-state index in [1.807, 2.05) is 0 Å². The van der Waals surface area contributed by atoms with E-state index in [0.717, 1.165) is 5.56 Å². The average Bonchev–Trinajstić information content (AvgIpc) is 2.04. The largest absolute Gasteiger partial charge is 1.00 e. The fourth-order valence-electron chi connectivity index (χ4n) is 0.932. The van der Waals surface area contributed by atoms with Crippen molar-refractivity contribution < 1.29 is 42.5 Å². The van der Waals surface area contributed by atoms with Crippen molar-refractivity contribution in [1.29, 1.82) is 0 Å². The van der Waals surface area contributed by atoms with Gasteiger partial charge in [-0.25, -0.2) is 8.42 Å². The second-order valence-electron chi connectivity index (χ2n) is 2.54. The number of aryl methyl sites for hydroxylation is 1. The molecule has 0 bridgehead atoms. The molecule has 0 spiro atoms. The van der Waals surface area contributed by atoms with Gasteiger partial charge >= 0.3 is 29.6 Å². The third kappa shape index (κ3) is 4.29. The Morgan fingerprint density at radius 3 is 2.07 bits per heavy atom. The van der Waals surface area contributed by atoms with Gasteiger partial charge in [-0.3, -0.25) is 0 Å². The van der Waals surface area contributed by atoms with Gasteiger partial charge in [-0.15, -0.1) is 11.6 Å².